The average Bonchev–Trinajstić information content (AvgIpc) is 2.41. The van der Waals surface area contributed by atoms with Gasteiger partial charge in [0.1, 0.15) is 0 Å². The Morgan fingerprint density at radius 3 is 2.58 bits per heavy atom. The van der Waals surface area contributed by atoms with Crippen LogP contribution >= 0.6 is 0 Å². The maximum atomic E-state index is 9.12. The van der Waals surface area contributed by atoms with Crippen LogP contribution in [-0.2, 0) is 0 Å². The molecule has 2 N–H and O–H groups in total. The Bertz CT molecular complexity index is 386. The number of ether oxygens (including phenoxy) is 1. The Balaban J connectivity index is 3.02. The van der Waals surface area contributed by atoms with Gasteiger partial charge < -0.3 is 20.1 Å². The van der Waals surface area contributed by atoms with Crippen LogP contribution < -0.4 is 15.0 Å². The molecule has 0 aromatic carbocycles. The molecular weight excluding hydrogens is 246 g/mol. The molecular formula is C12H23N5O2. The number of rotatable bonds is 8. The molecule has 7 heteroatoms. The predicted octanol–water partition coefficient (Wildman–Crippen LogP) is 0.909. The van der Waals surface area contributed by atoms with Crippen LogP contribution in [0.1, 0.15) is 27.2 Å². The van der Waals surface area contributed by atoms with Gasteiger partial charge in [-0.05, 0) is 20.3 Å². The summed E-state index contributed by atoms with van der Waals surface area (Å²) in [5.41, 5.74) is 0. The molecule has 0 saturated carbocycles. The summed E-state index contributed by atoms with van der Waals surface area (Å²) in [6, 6.07) is 0.484. The quantitative estimate of drug-likeness (QED) is 0.725. The van der Waals surface area contributed by atoms with Crippen LogP contribution in [0.15, 0.2) is 0 Å². The summed E-state index contributed by atoms with van der Waals surface area (Å²) in [7, 11) is 1.74. The van der Waals surface area contributed by atoms with Crippen molar-refractivity contribution in [2.24, 2.45) is 0 Å². The van der Waals surface area contributed by atoms with Crippen molar-refractivity contribution in [2.75, 3.05) is 37.0 Å². The summed E-state index contributed by atoms with van der Waals surface area (Å²) in [5, 5.41) is 12.0. The lowest BCUT2D eigenvalue weighted by molar-refractivity contribution is 0.288. The molecule has 0 radical (unpaired) electrons. The molecule has 1 rings (SSSR count). The Hall–Kier alpha value is -1.63. The second-order valence-electron chi connectivity index (χ2n) is 4.35. The first-order valence-electron chi connectivity index (χ1n) is 6.56. The Morgan fingerprint density at radius 2 is 2.05 bits per heavy atom. The van der Waals surface area contributed by atoms with Gasteiger partial charge in [-0.25, -0.2) is 0 Å². The highest BCUT2D eigenvalue weighted by atomic mass is 16.5. The van der Waals surface area contributed by atoms with Gasteiger partial charge in [-0.3, -0.25) is 0 Å². The molecule has 0 unspecified atom stereocenters. The van der Waals surface area contributed by atoms with Crippen molar-refractivity contribution in [1.82, 2.24) is 15.0 Å². The second kappa shape index (κ2) is 7.73. The number of aromatic nitrogens is 3. The molecule has 7 nitrogen and oxygen atoms in total. The molecule has 0 aliphatic rings. The monoisotopic (exact) mass is 269 g/mol. The van der Waals surface area contributed by atoms with Crippen LogP contribution in [-0.4, -0.2) is 52.9 Å². The second-order valence-corrected chi connectivity index (χ2v) is 4.35. The van der Waals surface area contributed by atoms with Gasteiger partial charge in [0.2, 0.25) is 11.9 Å². The maximum absolute atomic E-state index is 9.12. The predicted molar refractivity (Wildman–Crippen MR) is 74.7 cm³/mol. The minimum atomic E-state index is 0.0455. The Labute approximate surface area is 114 Å². The SMILES string of the molecule is CCCOc1nc(NC)nc(N(CCO)C(C)C)n1. The third-order valence-corrected chi connectivity index (χ3v) is 2.48. The van der Waals surface area contributed by atoms with E-state index in [-0.39, 0.29) is 12.6 Å². The Morgan fingerprint density at radius 1 is 1.32 bits per heavy atom. The first kappa shape index (κ1) is 15.4. The van der Waals surface area contributed by atoms with E-state index in [2.05, 4.69) is 20.3 Å². The fourth-order valence-corrected chi connectivity index (χ4v) is 1.54. The zero-order valence-corrected chi connectivity index (χ0v) is 12.1. The highest BCUT2D eigenvalue weighted by Crippen LogP contribution is 2.16. The number of aliphatic hydroxyl groups is 1. The summed E-state index contributed by atoms with van der Waals surface area (Å²) in [6.45, 7) is 7.14. The molecule has 0 saturated heterocycles. The van der Waals surface area contributed by atoms with E-state index < -0.39 is 0 Å². The van der Waals surface area contributed by atoms with Crippen molar-refractivity contribution >= 4 is 11.9 Å². The van der Waals surface area contributed by atoms with Gasteiger partial charge in [-0.15, -0.1) is 0 Å². The fourth-order valence-electron chi connectivity index (χ4n) is 1.54. The zero-order chi connectivity index (χ0) is 14.3. The highest BCUT2D eigenvalue weighted by Gasteiger charge is 2.16. The van der Waals surface area contributed by atoms with Crippen molar-refractivity contribution in [3.05, 3.63) is 0 Å². The van der Waals surface area contributed by atoms with Crippen LogP contribution in [0.4, 0.5) is 11.9 Å². The first-order chi connectivity index (χ1) is 9.12. The summed E-state index contributed by atoms with van der Waals surface area (Å²) >= 11 is 0. The lowest BCUT2D eigenvalue weighted by atomic mass is 10.3. The van der Waals surface area contributed by atoms with E-state index in [9.17, 15) is 0 Å². The van der Waals surface area contributed by atoms with E-state index in [4.69, 9.17) is 9.84 Å². The van der Waals surface area contributed by atoms with Crippen LogP contribution in [0.25, 0.3) is 0 Å². The van der Waals surface area contributed by atoms with Crippen LogP contribution in [0.3, 0.4) is 0 Å². The first-order valence-corrected chi connectivity index (χ1v) is 6.56. The summed E-state index contributed by atoms with van der Waals surface area (Å²) in [5.74, 6) is 0.967. The molecule has 0 aliphatic heterocycles. The number of hydrogen-bond donors (Lipinski definition) is 2. The minimum absolute atomic E-state index is 0.0455. The molecule has 0 spiro atoms. The largest absolute Gasteiger partial charge is 0.463 e. The Kier molecular flexibility index (Phi) is 6.27. The van der Waals surface area contributed by atoms with E-state index >= 15 is 0 Å². The molecule has 108 valence electrons. The fraction of sp³-hybridized carbons (Fsp3) is 0.750. The minimum Gasteiger partial charge on any atom is -0.463 e. The molecule has 19 heavy (non-hydrogen) atoms. The molecule has 0 amide bonds. The normalized spacial score (nSPS) is 10.6. The number of nitrogens with zero attached hydrogens (tertiary/aromatic N) is 4. The standard InChI is InChI=1S/C12H23N5O2/c1-5-8-19-12-15-10(13-4)14-11(16-12)17(6-7-18)9(2)3/h9,18H,5-8H2,1-4H3,(H,13,14,15,16). The smallest absolute Gasteiger partial charge is 0.323 e. The molecule has 1 heterocycles. The van der Waals surface area contributed by atoms with Crippen molar-refractivity contribution in [3.8, 4) is 6.01 Å². The molecule has 0 fully saturated rings. The molecule has 1 aromatic heterocycles. The summed E-state index contributed by atoms with van der Waals surface area (Å²) < 4.78 is 5.45. The van der Waals surface area contributed by atoms with Crippen molar-refractivity contribution in [2.45, 2.75) is 33.2 Å². The van der Waals surface area contributed by atoms with Crippen LogP contribution in [0, 0.1) is 0 Å². The van der Waals surface area contributed by atoms with E-state index in [0.29, 0.717) is 31.1 Å². The van der Waals surface area contributed by atoms with Crippen molar-refractivity contribution in [1.29, 1.82) is 0 Å². The zero-order valence-electron chi connectivity index (χ0n) is 12.1. The van der Waals surface area contributed by atoms with E-state index in [1.165, 1.54) is 0 Å². The van der Waals surface area contributed by atoms with Gasteiger partial charge in [0.05, 0.1) is 13.2 Å². The number of hydrogen-bond acceptors (Lipinski definition) is 7. The summed E-state index contributed by atoms with van der Waals surface area (Å²) in [6.07, 6.45) is 0.889. The number of nitrogens with one attached hydrogen (secondary N) is 1. The van der Waals surface area contributed by atoms with E-state index in [1.54, 1.807) is 7.05 Å². The van der Waals surface area contributed by atoms with Gasteiger partial charge in [-0.2, -0.15) is 15.0 Å². The lowest BCUT2D eigenvalue weighted by Crippen LogP contribution is -2.35. The van der Waals surface area contributed by atoms with Crippen molar-refractivity contribution in [3.63, 3.8) is 0 Å². The van der Waals surface area contributed by atoms with Crippen LogP contribution in [0.5, 0.6) is 6.01 Å². The van der Waals surface area contributed by atoms with Crippen molar-refractivity contribution < 1.29 is 9.84 Å². The summed E-state index contributed by atoms with van der Waals surface area (Å²) in [4.78, 5) is 14.6. The molecule has 1 aromatic rings. The third kappa shape index (κ3) is 4.51. The third-order valence-electron chi connectivity index (χ3n) is 2.48. The van der Waals surface area contributed by atoms with E-state index in [0.717, 1.165) is 6.42 Å². The van der Waals surface area contributed by atoms with Gasteiger partial charge >= 0.3 is 6.01 Å². The van der Waals surface area contributed by atoms with Gasteiger partial charge in [0.15, 0.2) is 0 Å². The average molecular weight is 269 g/mol. The number of aliphatic hydroxyl groups excluding tert-OH is 1. The maximum Gasteiger partial charge on any atom is 0.323 e. The lowest BCUT2D eigenvalue weighted by Gasteiger charge is -2.26. The van der Waals surface area contributed by atoms with Gasteiger partial charge in [0.25, 0.3) is 0 Å². The number of anilines is 2. The molecule has 0 aliphatic carbocycles. The molecule has 0 bridgehead atoms. The van der Waals surface area contributed by atoms with Gasteiger partial charge in [0, 0.05) is 19.6 Å². The highest BCUT2D eigenvalue weighted by molar-refractivity contribution is 5.38. The topological polar surface area (TPSA) is 83.4 Å². The van der Waals surface area contributed by atoms with Crippen LogP contribution in [0.2, 0.25) is 0 Å². The molecule has 0 atom stereocenters. The van der Waals surface area contributed by atoms with Gasteiger partial charge in [-0.1, -0.05) is 6.92 Å². The van der Waals surface area contributed by atoms with E-state index in [1.807, 2.05) is 25.7 Å².